The van der Waals surface area contributed by atoms with Crippen LogP contribution in [0, 0.1) is 0 Å². The lowest BCUT2D eigenvalue weighted by Crippen LogP contribution is -2.29. The van der Waals surface area contributed by atoms with Crippen LogP contribution in [-0.2, 0) is 0 Å². The fourth-order valence-electron chi connectivity index (χ4n) is 2.07. The minimum absolute atomic E-state index is 0.191. The van der Waals surface area contributed by atoms with Crippen molar-refractivity contribution in [3.05, 3.63) is 28.6 Å². The van der Waals surface area contributed by atoms with E-state index in [4.69, 9.17) is 0 Å². The van der Waals surface area contributed by atoms with Gasteiger partial charge >= 0.3 is 0 Å². The third-order valence-electron chi connectivity index (χ3n) is 2.78. The van der Waals surface area contributed by atoms with E-state index in [0.717, 1.165) is 16.9 Å². The molecule has 92 valence electrons. The van der Waals surface area contributed by atoms with Gasteiger partial charge in [0.1, 0.15) is 5.84 Å². The van der Waals surface area contributed by atoms with E-state index >= 15 is 0 Å². The van der Waals surface area contributed by atoms with Gasteiger partial charge in [-0.3, -0.25) is 4.79 Å². The molecule has 6 heteroatoms. The molecule has 0 unspecified atom stereocenters. The number of amidine groups is 1. The number of rotatable bonds is 2. The smallest absolute Gasteiger partial charge is 0.272 e. The summed E-state index contributed by atoms with van der Waals surface area (Å²) < 4.78 is 0. The summed E-state index contributed by atoms with van der Waals surface area (Å²) in [5, 5.41) is 11.1. The van der Waals surface area contributed by atoms with Crippen molar-refractivity contribution in [1.29, 1.82) is 0 Å². The predicted octanol–water partition coefficient (Wildman–Crippen LogP) is 0.940. The van der Waals surface area contributed by atoms with Crippen molar-refractivity contribution < 1.29 is 0 Å². The van der Waals surface area contributed by atoms with Crippen molar-refractivity contribution in [2.45, 2.75) is 0 Å². The van der Waals surface area contributed by atoms with Gasteiger partial charge in [-0.25, -0.2) is 10.1 Å². The molecular formula is C12H13N5O. The zero-order valence-electron chi connectivity index (χ0n) is 10.2. The second kappa shape index (κ2) is 3.92. The van der Waals surface area contributed by atoms with E-state index in [9.17, 15) is 4.79 Å². The first-order chi connectivity index (χ1) is 8.65. The summed E-state index contributed by atoms with van der Waals surface area (Å²) in [6.07, 6.45) is 0. The van der Waals surface area contributed by atoms with Crippen LogP contribution in [0.3, 0.4) is 0 Å². The molecule has 0 fully saturated rings. The van der Waals surface area contributed by atoms with E-state index in [1.807, 2.05) is 31.1 Å². The zero-order chi connectivity index (χ0) is 12.7. The van der Waals surface area contributed by atoms with Crippen LogP contribution in [-0.4, -0.2) is 41.6 Å². The van der Waals surface area contributed by atoms with Gasteiger partial charge in [-0.05, 0) is 26.2 Å². The molecule has 2 aromatic rings. The number of aromatic amines is 1. The standard InChI is InChI=1S/C12H13N5O/c1-17(2)6-9-13-8-5-3-4-7-10(8)11(14-9)15-16-12(7)18/h3-5H,6H2,1-2H3,(H,16,18)(H,13,14,15). The summed E-state index contributed by atoms with van der Waals surface area (Å²) >= 11 is 0. The number of nitrogens with zero attached hydrogens (tertiary/aromatic N) is 3. The Balaban J connectivity index is 2.23. The van der Waals surface area contributed by atoms with Crippen LogP contribution in [0.15, 0.2) is 28.0 Å². The Morgan fingerprint density at radius 1 is 1.33 bits per heavy atom. The van der Waals surface area contributed by atoms with Gasteiger partial charge < -0.3 is 10.2 Å². The highest BCUT2D eigenvalue weighted by molar-refractivity contribution is 6.12. The SMILES string of the molecule is CN(C)CC1=Nc2n[nH]c(=O)c3cccc(c23)N1. The van der Waals surface area contributed by atoms with E-state index in [2.05, 4.69) is 20.5 Å². The highest BCUT2D eigenvalue weighted by Gasteiger charge is 2.17. The number of hydrogen-bond donors (Lipinski definition) is 2. The van der Waals surface area contributed by atoms with Gasteiger partial charge in [-0.2, -0.15) is 5.10 Å². The van der Waals surface area contributed by atoms with Crippen molar-refractivity contribution in [3.8, 4) is 0 Å². The van der Waals surface area contributed by atoms with Crippen LogP contribution in [0.5, 0.6) is 0 Å². The Hall–Kier alpha value is -2.21. The first-order valence-electron chi connectivity index (χ1n) is 5.66. The maximum atomic E-state index is 11.7. The predicted molar refractivity (Wildman–Crippen MR) is 71.6 cm³/mol. The van der Waals surface area contributed by atoms with Crippen molar-refractivity contribution >= 4 is 28.1 Å². The fourth-order valence-corrected chi connectivity index (χ4v) is 2.07. The first-order valence-corrected chi connectivity index (χ1v) is 5.66. The van der Waals surface area contributed by atoms with Gasteiger partial charge in [0.25, 0.3) is 5.56 Å². The molecule has 0 saturated heterocycles. The number of H-pyrrole nitrogens is 1. The highest BCUT2D eigenvalue weighted by atomic mass is 16.1. The Bertz CT molecular complexity index is 701. The third kappa shape index (κ3) is 1.67. The maximum absolute atomic E-state index is 11.7. The van der Waals surface area contributed by atoms with Crippen molar-refractivity contribution in [3.63, 3.8) is 0 Å². The number of nitrogens with one attached hydrogen (secondary N) is 2. The molecule has 18 heavy (non-hydrogen) atoms. The fraction of sp³-hybridized carbons (Fsp3) is 0.250. The van der Waals surface area contributed by atoms with Crippen molar-refractivity contribution in [2.75, 3.05) is 26.0 Å². The number of benzene rings is 1. The Labute approximate surface area is 103 Å². The highest BCUT2D eigenvalue weighted by Crippen LogP contribution is 2.31. The molecular weight excluding hydrogens is 230 g/mol. The number of likely N-dealkylation sites (N-methyl/N-ethyl adjacent to an activating group) is 1. The molecule has 1 aliphatic rings. The molecule has 1 aromatic carbocycles. The number of anilines is 1. The summed E-state index contributed by atoms with van der Waals surface area (Å²) in [6, 6.07) is 5.55. The Morgan fingerprint density at radius 3 is 2.94 bits per heavy atom. The van der Waals surface area contributed by atoms with E-state index in [0.29, 0.717) is 17.7 Å². The summed E-state index contributed by atoms with van der Waals surface area (Å²) in [5.41, 5.74) is 0.691. The molecule has 0 amide bonds. The lowest BCUT2D eigenvalue weighted by Gasteiger charge is -2.19. The van der Waals surface area contributed by atoms with Gasteiger partial charge in [0, 0.05) is 0 Å². The monoisotopic (exact) mass is 243 g/mol. The zero-order valence-corrected chi connectivity index (χ0v) is 10.2. The molecule has 0 spiro atoms. The third-order valence-corrected chi connectivity index (χ3v) is 2.78. The normalized spacial score (nSPS) is 13.6. The van der Waals surface area contributed by atoms with Crippen LogP contribution < -0.4 is 10.9 Å². The Kier molecular flexibility index (Phi) is 2.38. The molecule has 2 N–H and O–H groups in total. The lowest BCUT2D eigenvalue weighted by atomic mass is 10.1. The molecule has 1 aliphatic heterocycles. The van der Waals surface area contributed by atoms with E-state index in [-0.39, 0.29) is 5.56 Å². The summed E-state index contributed by atoms with van der Waals surface area (Å²) in [4.78, 5) is 18.1. The number of aromatic nitrogens is 2. The largest absolute Gasteiger partial charge is 0.342 e. The number of hydrogen-bond acceptors (Lipinski definition) is 5. The second-order valence-electron chi connectivity index (χ2n) is 4.53. The topological polar surface area (TPSA) is 73.4 Å². The summed E-state index contributed by atoms with van der Waals surface area (Å²) in [6.45, 7) is 0.691. The van der Waals surface area contributed by atoms with Gasteiger partial charge in [-0.1, -0.05) is 6.07 Å². The van der Waals surface area contributed by atoms with Gasteiger partial charge in [-0.15, -0.1) is 0 Å². The molecule has 1 aromatic heterocycles. The Morgan fingerprint density at radius 2 is 2.17 bits per heavy atom. The van der Waals surface area contributed by atoms with E-state index in [1.165, 1.54) is 0 Å². The minimum Gasteiger partial charge on any atom is -0.342 e. The van der Waals surface area contributed by atoms with Crippen LogP contribution in [0.25, 0.3) is 10.8 Å². The molecule has 0 bridgehead atoms. The van der Waals surface area contributed by atoms with Gasteiger partial charge in [0.15, 0.2) is 5.82 Å². The van der Waals surface area contributed by atoms with Crippen LogP contribution >= 0.6 is 0 Å². The summed E-state index contributed by atoms with van der Waals surface area (Å²) in [5.74, 6) is 1.38. The molecule has 0 aliphatic carbocycles. The van der Waals surface area contributed by atoms with Gasteiger partial charge in [0.2, 0.25) is 0 Å². The quantitative estimate of drug-likeness (QED) is 0.823. The second-order valence-corrected chi connectivity index (χ2v) is 4.53. The molecule has 3 rings (SSSR count). The molecule has 0 saturated carbocycles. The lowest BCUT2D eigenvalue weighted by molar-refractivity contribution is 0.469. The molecule has 0 atom stereocenters. The van der Waals surface area contributed by atoms with Crippen molar-refractivity contribution in [1.82, 2.24) is 15.1 Å². The number of aliphatic imine (C=N–C) groups is 1. The van der Waals surface area contributed by atoms with Gasteiger partial charge in [0.05, 0.1) is 23.0 Å². The summed E-state index contributed by atoms with van der Waals surface area (Å²) in [7, 11) is 3.95. The molecule has 0 radical (unpaired) electrons. The van der Waals surface area contributed by atoms with Crippen LogP contribution in [0.2, 0.25) is 0 Å². The first kappa shape index (κ1) is 10.9. The minimum atomic E-state index is -0.191. The van der Waals surface area contributed by atoms with E-state index in [1.54, 1.807) is 6.07 Å². The molecule has 6 nitrogen and oxygen atoms in total. The maximum Gasteiger partial charge on any atom is 0.272 e. The van der Waals surface area contributed by atoms with Crippen molar-refractivity contribution in [2.24, 2.45) is 4.99 Å². The van der Waals surface area contributed by atoms with E-state index < -0.39 is 0 Å². The van der Waals surface area contributed by atoms with Crippen LogP contribution in [0.4, 0.5) is 11.5 Å². The average Bonchev–Trinajstić information content (AvgIpc) is 2.33. The average molecular weight is 243 g/mol. The molecule has 2 heterocycles. The van der Waals surface area contributed by atoms with Crippen LogP contribution in [0.1, 0.15) is 0 Å².